The third kappa shape index (κ3) is 3.38. The summed E-state index contributed by atoms with van der Waals surface area (Å²) in [5, 5.41) is 16.9. The highest BCUT2D eigenvalue weighted by atomic mass is 32.1. The van der Waals surface area contributed by atoms with Crippen LogP contribution in [0.5, 0.6) is 0 Å². The normalized spacial score (nSPS) is 18.3. The van der Waals surface area contributed by atoms with E-state index in [0.717, 1.165) is 24.2 Å². The molecule has 0 spiro atoms. The summed E-state index contributed by atoms with van der Waals surface area (Å²) in [5.41, 5.74) is -0.126. The second kappa shape index (κ2) is 6.10. The second-order valence-electron chi connectivity index (χ2n) is 3.69. The van der Waals surface area contributed by atoms with Crippen molar-refractivity contribution in [3.8, 4) is 0 Å². The van der Waals surface area contributed by atoms with Gasteiger partial charge in [0.2, 0.25) is 12.1 Å². The van der Waals surface area contributed by atoms with E-state index in [0.29, 0.717) is 11.5 Å². The van der Waals surface area contributed by atoms with Crippen LogP contribution in [0.1, 0.15) is 18.5 Å². The van der Waals surface area contributed by atoms with Crippen molar-refractivity contribution in [3.63, 3.8) is 0 Å². The maximum Gasteiger partial charge on any atom is 0.360 e. The van der Waals surface area contributed by atoms with Gasteiger partial charge < -0.3 is 15.3 Å². The number of carbonyl (C=O) groups excluding carboxylic acids is 1. The van der Waals surface area contributed by atoms with Crippen molar-refractivity contribution in [2.24, 2.45) is 5.16 Å². The molecule has 0 aromatic carbocycles. The molecule has 1 unspecified atom stereocenters. The minimum absolute atomic E-state index is 0.156. The molecule has 1 aromatic rings. The van der Waals surface area contributed by atoms with Gasteiger partial charge in [-0.2, -0.15) is 0 Å². The fourth-order valence-electron chi connectivity index (χ4n) is 1.51. The van der Waals surface area contributed by atoms with Crippen molar-refractivity contribution >= 4 is 34.6 Å². The Labute approximate surface area is 112 Å². The first-order valence-electron chi connectivity index (χ1n) is 5.50. The van der Waals surface area contributed by atoms with E-state index >= 15 is 0 Å². The first kappa shape index (κ1) is 13.2. The van der Waals surface area contributed by atoms with E-state index in [4.69, 9.17) is 9.94 Å². The van der Waals surface area contributed by atoms with Crippen molar-refractivity contribution in [3.05, 3.63) is 23.2 Å². The van der Waals surface area contributed by atoms with E-state index in [2.05, 4.69) is 15.5 Å². The summed E-state index contributed by atoms with van der Waals surface area (Å²) in [6.07, 6.45) is 5.75. The highest BCUT2D eigenvalue weighted by Crippen LogP contribution is 2.17. The van der Waals surface area contributed by atoms with Crippen LogP contribution in [-0.2, 0) is 14.4 Å². The van der Waals surface area contributed by atoms with Crippen molar-refractivity contribution in [2.45, 2.75) is 18.9 Å². The zero-order valence-corrected chi connectivity index (χ0v) is 10.6. The number of aliphatic carboxylic acids is 1. The van der Waals surface area contributed by atoms with E-state index in [1.54, 1.807) is 0 Å². The van der Waals surface area contributed by atoms with Gasteiger partial charge in [0, 0.05) is 5.38 Å². The zero-order valence-electron chi connectivity index (χ0n) is 9.78. The second-order valence-corrected chi connectivity index (χ2v) is 4.55. The van der Waals surface area contributed by atoms with Gasteiger partial charge in [-0.05, 0) is 18.9 Å². The molecule has 0 saturated carbocycles. The van der Waals surface area contributed by atoms with E-state index in [-0.39, 0.29) is 17.5 Å². The van der Waals surface area contributed by atoms with Crippen molar-refractivity contribution < 1.29 is 19.5 Å². The van der Waals surface area contributed by atoms with Gasteiger partial charge >= 0.3 is 5.97 Å². The van der Waals surface area contributed by atoms with Gasteiger partial charge in [0.25, 0.3) is 0 Å². The predicted molar refractivity (Wildman–Crippen MR) is 69.2 cm³/mol. The maximum atomic E-state index is 11.1. The summed E-state index contributed by atoms with van der Waals surface area (Å²) in [4.78, 5) is 30.5. The van der Waals surface area contributed by atoms with E-state index in [1.807, 2.05) is 12.2 Å². The standard InChI is InChI=1S/C11H11N3O4S/c15-6-12-11-13-8(5-19-11)9(10(16)17)14-18-7-3-1-2-4-7/h1,3,5-7H,2,4H2,(H,16,17)(H,12,13,15). The molecule has 8 heteroatoms. The fourth-order valence-corrected chi connectivity index (χ4v) is 2.16. The maximum absolute atomic E-state index is 11.1. The molecule has 1 heterocycles. The average molecular weight is 281 g/mol. The highest BCUT2D eigenvalue weighted by Gasteiger charge is 2.19. The molecule has 1 aliphatic carbocycles. The van der Waals surface area contributed by atoms with E-state index < -0.39 is 5.97 Å². The lowest BCUT2D eigenvalue weighted by molar-refractivity contribution is -0.129. The number of carboxylic acids is 1. The minimum Gasteiger partial charge on any atom is -0.476 e. The lowest BCUT2D eigenvalue weighted by Crippen LogP contribution is -2.17. The zero-order chi connectivity index (χ0) is 13.7. The Morgan fingerprint density at radius 3 is 3.16 bits per heavy atom. The molecule has 1 atom stereocenters. The first-order valence-corrected chi connectivity index (χ1v) is 6.38. The van der Waals surface area contributed by atoms with Gasteiger partial charge in [-0.1, -0.05) is 11.2 Å². The Kier molecular flexibility index (Phi) is 4.24. The Bertz CT molecular complexity index is 538. The molecule has 1 aliphatic rings. The van der Waals surface area contributed by atoms with Crippen LogP contribution in [0.15, 0.2) is 22.7 Å². The number of allylic oxidation sites excluding steroid dienone is 1. The number of aromatic nitrogens is 1. The summed E-state index contributed by atoms with van der Waals surface area (Å²) in [6.45, 7) is 0. The summed E-state index contributed by atoms with van der Waals surface area (Å²) in [7, 11) is 0. The monoisotopic (exact) mass is 281 g/mol. The molecule has 0 saturated heterocycles. The number of nitrogens with one attached hydrogen (secondary N) is 1. The summed E-state index contributed by atoms with van der Waals surface area (Å²) in [6, 6.07) is 0. The topological polar surface area (TPSA) is 101 Å². The Morgan fingerprint density at radius 2 is 2.53 bits per heavy atom. The van der Waals surface area contributed by atoms with Gasteiger partial charge in [0.05, 0.1) is 0 Å². The third-order valence-corrected chi connectivity index (χ3v) is 3.15. The van der Waals surface area contributed by atoms with Crippen molar-refractivity contribution in [2.75, 3.05) is 5.32 Å². The molecule has 19 heavy (non-hydrogen) atoms. The number of carbonyl (C=O) groups is 2. The molecule has 2 rings (SSSR count). The number of thiazole rings is 1. The number of hydrogen-bond acceptors (Lipinski definition) is 6. The van der Waals surface area contributed by atoms with Gasteiger partial charge in [0.15, 0.2) is 5.13 Å². The quantitative estimate of drug-likeness (QED) is 0.353. The van der Waals surface area contributed by atoms with E-state index in [9.17, 15) is 9.59 Å². The third-order valence-electron chi connectivity index (χ3n) is 2.38. The van der Waals surface area contributed by atoms with Crippen LogP contribution in [-0.4, -0.2) is 34.3 Å². The van der Waals surface area contributed by atoms with Crippen LogP contribution >= 0.6 is 11.3 Å². The molecule has 0 radical (unpaired) electrons. The van der Waals surface area contributed by atoms with E-state index in [1.165, 1.54) is 5.38 Å². The first-order chi connectivity index (χ1) is 9.20. The lowest BCUT2D eigenvalue weighted by atomic mass is 10.3. The minimum atomic E-state index is -1.23. The SMILES string of the molecule is O=CNc1nc(C(=NOC2C=CCC2)C(=O)O)cs1. The highest BCUT2D eigenvalue weighted by molar-refractivity contribution is 7.14. The van der Waals surface area contributed by atoms with Gasteiger partial charge in [-0.25, -0.2) is 9.78 Å². The Balaban J connectivity index is 2.13. The molecule has 1 aromatic heterocycles. The number of anilines is 1. The average Bonchev–Trinajstić information content (AvgIpc) is 3.01. The van der Waals surface area contributed by atoms with Crippen LogP contribution in [0.25, 0.3) is 0 Å². The fraction of sp³-hybridized carbons (Fsp3) is 0.273. The molecule has 2 N–H and O–H groups in total. The smallest absolute Gasteiger partial charge is 0.360 e. The number of rotatable bonds is 6. The Morgan fingerprint density at radius 1 is 1.68 bits per heavy atom. The molecule has 100 valence electrons. The lowest BCUT2D eigenvalue weighted by Gasteiger charge is -2.05. The summed E-state index contributed by atoms with van der Waals surface area (Å²) >= 11 is 1.11. The molecule has 0 fully saturated rings. The van der Waals surface area contributed by atoms with Crippen LogP contribution < -0.4 is 5.32 Å². The molecule has 1 amide bonds. The molecule has 0 aliphatic heterocycles. The van der Waals surface area contributed by atoms with Gasteiger partial charge in [0.1, 0.15) is 11.8 Å². The molecular weight excluding hydrogens is 270 g/mol. The summed E-state index contributed by atoms with van der Waals surface area (Å²) in [5.74, 6) is -1.23. The van der Waals surface area contributed by atoms with Gasteiger partial charge in [-0.15, -0.1) is 11.3 Å². The molecule has 7 nitrogen and oxygen atoms in total. The predicted octanol–water partition coefficient (Wildman–Crippen LogP) is 1.24. The van der Waals surface area contributed by atoms with Crippen LogP contribution in [0.4, 0.5) is 5.13 Å². The summed E-state index contributed by atoms with van der Waals surface area (Å²) < 4.78 is 0. The van der Waals surface area contributed by atoms with Crippen molar-refractivity contribution in [1.29, 1.82) is 0 Å². The van der Waals surface area contributed by atoms with Crippen molar-refractivity contribution in [1.82, 2.24) is 4.98 Å². The number of oxime groups is 1. The van der Waals surface area contributed by atoms with Crippen LogP contribution in [0.2, 0.25) is 0 Å². The largest absolute Gasteiger partial charge is 0.476 e. The molecular formula is C11H11N3O4S. The molecule has 0 bridgehead atoms. The Hall–Kier alpha value is -2.22. The van der Waals surface area contributed by atoms with Crippen LogP contribution in [0.3, 0.4) is 0 Å². The number of carboxylic acid groups (broad SMARTS) is 1. The van der Waals surface area contributed by atoms with Crippen LogP contribution in [0, 0.1) is 0 Å². The number of amides is 1. The number of hydrogen-bond donors (Lipinski definition) is 2. The number of nitrogens with zero attached hydrogens (tertiary/aromatic N) is 2. The van der Waals surface area contributed by atoms with Gasteiger partial charge in [-0.3, -0.25) is 4.79 Å².